The van der Waals surface area contributed by atoms with Crippen molar-refractivity contribution in [3.8, 4) is 17.2 Å². The minimum atomic E-state index is -5.86. The van der Waals surface area contributed by atoms with Gasteiger partial charge in [-0.2, -0.15) is 0 Å². The van der Waals surface area contributed by atoms with Crippen molar-refractivity contribution in [3.05, 3.63) is 48.6 Å². The molecule has 0 N–H and O–H groups in total. The van der Waals surface area contributed by atoms with Gasteiger partial charge in [-0.1, -0.05) is 0 Å². The second-order valence-corrected chi connectivity index (χ2v) is 12.0. The number of hydrogen-bond acceptors (Lipinski definition) is 6. The summed E-state index contributed by atoms with van der Waals surface area (Å²) in [5, 5.41) is 0. The molecular formula is C18H20F3IO6S. The Morgan fingerprint density at radius 2 is 1.45 bits per heavy atom. The van der Waals surface area contributed by atoms with E-state index in [0.717, 1.165) is 5.56 Å². The third-order valence-corrected chi connectivity index (χ3v) is 11.4. The van der Waals surface area contributed by atoms with Crippen LogP contribution in [0.2, 0.25) is 0 Å². The molecule has 2 aromatic carbocycles. The monoisotopic (exact) mass is 548 g/mol. The molecule has 0 saturated heterocycles. The fourth-order valence-electron chi connectivity index (χ4n) is 2.41. The molecule has 162 valence electrons. The molecule has 0 aliphatic rings. The van der Waals surface area contributed by atoms with Gasteiger partial charge in [0.05, 0.1) is 0 Å². The molecule has 0 aliphatic carbocycles. The van der Waals surface area contributed by atoms with Crippen LogP contribution in [0.15, 0.2) is 30.3 Å². The van der Waals surface area contributed by atoms with Gasteiger partial charge in [0.15, 0.2) is 0 Å². The Labute approximate surface area is 175 Å². The number of benzene rings is 2. The predicted octanol–water partition coefficient (Wildman–Crippen LogP) is 4.66. The Balaban J connectivity index is 2.81. The summed E-state index contributed by atoms with van der Waals surface area (Å²) in [6.45, 7) is 3.50. The van der Waals surface area contributed by atoms with E-state index in [0.29, 0.717) is 14.9 Å². The molecule has 0 amide bonds. The topological polar surface area (TPSA) is 71.1 Å². The first-order valence-electron chi connectivity index (χ1n) is 8.03. The van der Waals surface area contributed by atoms with Gasteiger partial charge >= 0.3 is 175 Å². The second kappa shape index (κ2) is 8.96. The molecule has 29 heavy (non-hydrogen) atoms. The predicted molar refractivity (Wildman–Crippen MR) is 109 cm³/mol. The SMILES string of the molecule is COc1cc(OC)c(I(OS(=O)(=O)C(F)(F)F)c2ccc(C)cc2C)c(OC)c1. The maximum absolute atomic E-state index is 13.1. The quantitative estimate of drug-likeness (QED) is 0.371. The second-order valence-electron chi connectivity index (χ2n) is 5.81. The zero-order valence-corrected chi connectivity index (χ0v) is 19.2. The van der Waals surface area contributed by atoms with Crippen LogP contribution in [0.3, 0.4) is 0 Å². The number of rotatable bonds is 7. The van der Waals surface area contributed by atoms with E-state index in [1.807, 2.05) is 6.92 Å². The van der Waals surface area contributed by atoms with E-state index in [1.54, 1.807) is 25.1 Å². The van der Waals surface area contributed by atoms with Gasteiger partial charge in [0.25, 0.3) is 0 Å². The van der Waals surface area contributed by atoms with Crippen molar-refractivity contribution < 1.29 is 38.3 Å². The average Bonchev–Trinajstić information content (AvgIpc) is 2.64. The van der Waals surface area contributed by atoms with Crippen LogP contribution in [0, 0.1) is 21.0 Å². The number of halogens is 4. The molecule has 6 nitrogen and oxygen atoms in total. The van der Waals surface area contributed by atoms with Crippen LogP contribution in [0.5, 0.6) is 17.2 Å². The van der Waals surface area contributed by atoms with Gasteiger partial charge < -0.3 is 0 Å². The van der Waals surface area contributed by atoms with Crippen molar-refractivity contribution in [1.29, 1.82) is 0 Å². The van der Waals surface area contributed by atoms with Gasteiger partial charge in [0.2, 0.25) is 0 Å². The van der Waals surface area contributed by atoms with Crippen LogP contribution in [-0.4, -0.2) is 35.3 Å². The summed E-state index contributed by atoms with van der Waals surface area (Å²) in [6.07, 6.45) is 0. The molecule has 0 aliphatic heterocycles. The van der Waals surface area contributed by atoms with Crippen molar-refractivity contribution >= 4 is 30.4 Å². The van der Waals surface area contributed by atoms with Gasteiger partial charge in [-0.05, 0) is 0 Å². The zero-order chi connectivity index (χ0) is 22.0. The number of aryl methyl sites for hydroxylation is 2. The summed E-state index contributed by atoms with van der Waals surface area (Å²) in [7, 11) is -1.83. The number of methoxy groups -OCH3 is 3. The Morgan fingerprint density at radius 3 is 1.86 bits per heavy atom. The Morgan fingerprint density at radius 1 is 0.897 bits per heavy atom. The third kappa shape index (κ3) is 5.07. The van der Waals surface area contributed by atoms with E-state index in [1.165, 1.54) is 33.5 Å². The number of ether oxygens (including phenoxy) is 3. The van der Waals surface area contributed by atoms with E-state index < -0.39 is 35.9 Å². The van der Waals surface area contributed by atoms with Crippen LogP contribution in [0.1, 0.15) is 11.1 Å². The van der Waals surface area contributed by atoms with Crippen LogP contribution in [0.25, 0.3) is 0 Å². The van der Waals surface area contributed by atoms with E-state index in [2.05, 4.69) is 0 Å². The molecule has 0 unspecified atom stereocenters. The Bertz CT molecular complexity index is 967. The van der Waals surface area contributed by atoms with Crippen molar-refractivity contribution in [3.63, 3.8) is 0 Å². The van der Waals surface area contributed by atoms with Gasteiger partial charge in [-0.25, -0.2) is 0 Å². The number of alkyl halides is 3. The van der Waals surface area contributed by atoms with E-state index in [9.17, 15) is 21.6 Å². The molecule has 0 atom stereocenters. The first-order chi connectivity index (χ1) is 13.4. The van der Waals surface area contributed by atoms with Gasteiger partial charge in [-0.3, -0.25) is 0 Å². The van der Waals surface area contributed by atoms with E-state index in [-0.39, 0.29) is 15.1 Å². The van der Waals surface area contributed by atoms with Crippen LogP contribution < -0.4 is 14.2 Å². The Kier molecular flexibility index (Phi) is 7.28. The Hall–Kier alpha value is -1.73. The summed E-state index contributed by atoms with van der Waals surface area (Å²) < 4.78 is 84.3. The first-order valence-corrected chi connectivity index (χ1v) is 12.5. The molecule has 2 rings (SSSR count). The summed E-state index contributed by atoms with van der Waals surface area (Å²) in [6, 6.07) is 7.88. The minimum absolute atomic E-state index is 0.115. The molecule has 0 fully saturated rings. The summed E-state index contributed by atoms with van der Waals surface area (Å²) in [5.74, 6) is 0.560. The van der Waals surface area contributed by atoms with E-state index >= 15 is 0 Å². The maximum atomic E-state index is 13.1. The van der Waals surface area contributed by atoms with Crippen LogP contribution >= 0.6 is 20.2 Å². The summed E-state index contributed by atoms with van der Waals surface area (Å²) in [4.78, 5) is 0. The molecule has 0 spiro atoms. The summed E-state index contributed by atoms with van der Waals surface area (Å²) >= 11 is -3.73. The van der Waals surface area contributed by atoms with Crippen molar-refractivity contribution in [2.24, 2.45) is 0 Å². The zero-order valence-electron chi connectivity index (χ0n) is 16.3. The molecule has 0 radical (unpaired) electrons. The molecule has 2 aromatic rings. The molecule has 11 heteroatoms. The van der Waals surface area contributed by atoms with Gasteiger partial charge in [0, 0.05) is 0 Å². The molecule has 0 saturated carbocycles. The van der Waals surface area contributed by atoms with Crippen LogP contribution in [-0.2, 0) is 12.6 Å². The van der Waals surface area contributed by atoms with Crippen molar-refractivity contribution in [1.82, 2.24) is 0 Å². The molecular weight excluding hydrogens is 528 g/mol. The molecule has 0 aromatic heterocycles. The van der Waals surface area contributed by atoms with Crippen molar-refractivity contribution in [2.45, 2.75) is 19.4 Å². The molecule has 0 bridgehead atoms. The third-order valence-electron chi connectivity index (χ3n) is 3.75. The fraction of sp³-hybridized carbons (Fsp3) is 0.333. The summed E-state index contributed by atoms with van der Waals surface area (Å²) in [5.41, 5.74) is -4.09. The van der Waals surface area contributed by atoms with E-state index in [4.69, 9.17) is 16.7 Å². The normalized spacial score (nSPS) is 12.5. The van der Waals surface area contributed by atoms with Gasteiger partial charge in [0.1, 0.15) is 0 Å². The first kappa shape index (κ1) is 23.5. The van der Waals surface area contributed by atoms with Crippen LogP contribution in [0.4, 0.5) is 13.2 Å². The fourth-order valence-corrected chi connectivity index (χ4v) is 9.66. The average molecular weight is 548 g/mol. The standard InChI is InChI=1S/C18H20F3IO6S/c1-11-6-7-14(12(2)8-11)22(28-29(23,24)18(19,20)21)17-15(26-4)9-13(25-3)10-16(17)27-5/h6-10H,1-5H3. The molecule has 0 heterocycles. The number of hydrogen-bond donors (Lipinski definition) is 0. The van der Waals surface area contributed by atoms with Gasteiger partial charge in [-0.15, -0.1) is 0 Å². The van der Waals surface area contributed by atoms with Crippen molar-refractivity contribution in [2.75, 3.05) is 21.3 Å².